The Balaban J connectivity index is 3.03. The molecule has 1 aromatic carbocycles. The third kappa shape index (κ3) is 1.93. The molecule has 0 saturated heterocycles. The molecule has 0 aliphatic heterocycles. The molecule has 0 bridgehead atoms. The lowest BCUT2D eigenvalue weighted by molar-refractivity contribution is 0.345. The second-order valence-electron chi connectivity index (χ2n) is 3.51. The molecule has 0 saturated carbocycles. The first-order valence-electron chi connectivity index (χ1n) is 4.53. The van der Waals surface area contributed by atoms with E-state index in [4.69, 9.17) is 0 Å². The summed E-state index contributed by atoms with van der Waals surface area (Å²) in [4.78, 5) is 0. The van der Waals surface area contributed by atoms with Crippen LogP contribution >= 0.6 is 0 Å². The van der Waals surface area contributed by atoms with E-state index in [-0.39, 0.29) is 0 Å². The summed E-state index contributed by atoms with van der Waals surface area (Å²) in [6.45, 7) is 3.80. The highest BCUT2D eigenvalue weighted by Gasteiger charge is 2.36. The Bertz CT molecular complexity index is 261. The van der Waals surface area contributed by atoms with Gasteiger partial charge in [-0.05, 0) is 12.0 Å². The largest absolute Gasteiger partial charge is 0.462 e. The fourth-order valence-electron chi connectivity index (χ4n) is 1.35. The zero-order chi connectivity index (χ0) is 9.90. The average Bonchev–Trinajstić information content (AvgIpc) is 2.17. The molecule has 2 N–H and O–H groups in total. The smallest absolute Gasteiger partial charge is 0.426 e. The van der Waals surface area contributed by atoms with Gasteiger partial charge in [0.2, 0.25) is 0 Å². The quantitative estimate of drug-likeness (QED) is 0.686. The molecule has 0 fully saturated rings. The highest BCUT2D eigenvalue weighted by atomic mass is 16.4. The predicted molar refractivity (Wildman–Crippen MR) is 54.3 cm³/mol. The molecule has 0 aliphatic carbocycles. The summed E-state index contributed by atoms with van der Waals surface area (Å²) in [6, 6.07) is 9.58. The van der Waals surface area contributed by atoms with Gasteiger partial charge in [-0.1, -0.05) is 44.2 Å². The van der Waals surface area contributed by atoms with Crippen molar-refractivity contribution in [1.82, 2.24) is 0 Å². The lowest BCUT2D eigenvalue weighted by Gasteiger charge is -2.27. The molecule has 3 heteroatoms. The Morgan fingerprint density at radius 2 is 1.77 bits per heavy atom. The summed E-state index contributed by atoms with van der Waals surface area (Å²) in [7, 11) is -1.31. The topological polar surface area (TPSA) is 40.5 Å². The minimum atomic E-state index is -1.31. The average molecular weight is 178 g/mol. The SMILES string of the molecule is CCC(C)(B(O)O)c1ccccc1. The van der Waals surface area contributed by atoms with Gasteiger partial charge in [0.1, 0.15) is 0 Å². The van der Waals surface area contributed by atoms with Crippen molar-refractivity contribution in [2.24, 2.45) is 0 Å². The maximum atomic E-state index is 9.28. The van der Waals surface area contributed by atoms with E-state index in [0.717, 1.165) is 5.56 Å². The zero-order valence-electron chi connectivity index (χ0n) is 8.07. The van der Waals surface area contributed by atoms with Gasteiger partial charge in [-0.15, -0.1) is 0 Å². The van der Waals surface area contributed by atoms with Crippen LogP contribution < -0.4 is 0 Å². The van der Waals surface area contributed by atoms with Crippen LogP contribution in [0.5, 0.6) is 0 Å². The molecule has 1 rings (SSSR count). The molecule has 1 atom stereocenters. The molecular formula is C10H15BO2. The molecule has 0 amide bonds. The zero-order valence-corrected chi connectivity index (χ0v) is 8.07. The van der Waals surface area contributed by atoms with Crippen molar-refractivity contribution in [3.63, 3.8) is 0 Å². The second kappa shape index (κ2) is 3.94. The van der Waals surface area contributed by atoms with Gasteiger partial charge in [-0.25, -0.2) is 0 Å². The predicted octanol–water partition coefficient (Wildman–Crippen LogP) is 1.37. The van der Waals surface area contributed by atoms with Gasteiger partial charge in [-0.3, -0.25) is 0 Å². The highest BCUT2D eigenvalue weighted by Crippen LogP contribution is 2.27. The summed E-state index contributed by atoms with van der Waals surface area (Å²) in [5, 5.41) is 18.0. The molecule has 0 aliphatic rings. The van der Waals surface area contributed by atoms with E-state index in [0.29, 0.717) is 6.42 Å². The first-order valence-corrected chi connectivity index (χ1v) is 4.53. The molecule has 0 aromatic heterocycles. The Kier molecular flexibility index (Phi) is 3.12. The highest BCUT2D eigenvalue weighted by molar-refractivity contribution is 6.45. The van der Waals surface area contributed by atoms with E-state index >= 15 is 0 Å². The van der Waals surface area contributed by atoms with Crippen molar-refractivity contribution in [2.45, 2.75) is 25.6 Å². The van der Waals surface area contributed by atoms with Crippen LogP contribution in [-0.4, -0.2) is 17.2 Å². The van der Waals surface area contributed by atoms with Crippen molar-refractivity contribution in [3.8, 4) is 0 Å². The summed E-state index contributed by atoms with van der Waals surface area (Å²) >= 11 is 0. The fraction of sp³-hybridized carbons (Fsp3) is 0.400. The van der Waals surface area contributed by atoms with Crippen molar-refractivity contribution < 1.29 is 10.0 Å². The molecule has 70 valence electrons. The van der Waals surface area contributed by atoms with Gasteiger partial charge in [0, 0.05) is 5.31 Å². The van der Waals surface area contributed by atoms with Crippen LogP contribution in [0.1, 0.15) is 25.8 Å². The van der Waals surface area contributed by atoms with Crippen LogP contribution in [-0.2, 0) is 5.31 Å². The molecule has 0 heterocycles. The Morgan fingerprint density at radius 3 is 2.15 bits per heavy atom. The first kappa shape index (κ1) is 10.3. The van der Waals surface area contributed by atoms with Gasteiger partial charge in [0.05, 0.1) is 0 Å². The fourth-order valence-corrected chi connectivity index (χ4v) is 1.35. The summed E-state index contributed by atoms with van der Waals surface area (Å²) < 4.78 is 0. The van der Waals surface area contributed by atoms with Crippen LogP contribution in [0.4, 0.5) is 0 Å². The molecule has 1 aromatic rings. The van der Waals surface area contributed by atoms with Crippen molar-refractivity contribution >= 4 is 7.12 Å². The van der Waals surface area contributed by atoms with Crippen LogP contribution in [0.25, 0.3) is 0 Å². The molecular weight excluding hydrogens is 163 g/mol. The van der Waals surface area contributed by atoms with Gasteiger partial charge < -0.3 is 10.0 Å². The number of rotatable bonds is 3. The maximum Gasteiger partial charge on any atom is 0.462 e. The Morgan fingerprint density at radius 1 is 1.23 bits per heavy atom. The van der Waals surface area contributed by atoms with Crippen molar-refractivity contribution in [1.29, 1.82) is 0 Å². The van der Waals surface area contributed by atoms with E-state index in [9.17, 15) is 10.0 Å². The van der Waals surface area contributed by atoms with Crippen LogP contribution in [0.3, 0.4) is 0 Å². The molecule has 0 spiro atoms. The molecule has 0 radical (unpaired) electrons. The van der Waals surface area contributed by atoms with Crippen LogP contribution in [0.15, 0.2) is 30.3 Å². The molecule has 2 nitrogen and oxygen atoms in total. The van der Waals surface area contributed by atoms with Gasteiger partial charge in [0.25, 0.3) is 0 Å². The maximum absolute atomic E-state index is 9.28. The second-order valence-corrected chi connectivity index (χ2v) is 3.51. The van der Waals surface area contributed by atoms with Crippen molar-refractivity contribution in [2.75, 3.05) is 0 Å². The van der Waals surface area contributed by atoms with Gasteiger partial charge in [-0.2, -0.15) is 0 Å². The van der Waals surface area contributed by atoms with Gasteiger partial charge >= 0.3 is 7.12 Å². The van der Waals surface area contributed by atoms with E-state index in [2.05, 4.69) is 0 Å². The lowest BCUT2D eigenvalue weighted by atomic mass is 9.54. The third-order valence-electron chi connectivity index (χ3n) is 2.74. The van der Waals surface area contributed by atoms with E-state index in [1.807, 2.05) is 44.2 Å². The monoisotopic (exact) mass is 178 g/mol. The Labute approximate surface area is 79.4 Å². The first-order chi connectivity index (χ1) is 6.11. The van der Waals surface area contributed by atoms with E-state index < -0.39 is 12.4 Å². The normalized spacial score (nSPS) is 15.1. The Hall–Kier alpha value is -0.795. The minimum Gasteiger partial charge on any atom is -0.426 e. The standard InChI is InChI=1S/C10H15BO2/c1-3-10(2,11(12)13)9-7-5-4-6-8-9/h4-8,12-13H,3H2,1-2H3. The molecule has 13 heavy (non-hydrogen) atoms. The minimum absolute atomic E-state index is 0.554. The van der Waals surface area contributed by atoms with Crippen molar-refractivity contribution in [3.05, 3.63) is 35.9 Å². The third-order valence-corrected chi connectivity index (χ3v) is 2.74. The van der Waals surface area contributed by atoms with E-state index in [1.54, 1.807) is 0 Å². The summed E-state index contributed by atoms with van der Waals surface area (Å²) in [5.74, 6) is 0. The van der Waals surface area contributed by atoms with Gasteiger partial charge in [0.15, 0.2) is 0 Å². The van der Waals surface area contributed by atoms with E-state index in [1.165, 1.54) is 0 Å². The molecule has 1 unspecified atom stereocenters. The van der Waals surface area contributed by atoms with Crippen LogP contribution in [0, 0.1) is 0 Å². The van der Waals surface area contributed by atoms with Crippen LogP contribution in [0.2, 0.25) is 0 Å². The number of hydrogen-bond acceptors (Lipinski definition) is 2. The number of hydrogen-bond donors (Lipinski definition) is 2. The summed E-state index contributed by atoms with van der Waals surface area (Å²) in [5.41, 5.74) is 0.965. The summed E-state index contributed by atoms with van der Waals surface area (Å²) in [6.07, 6.45) is 0.703. The number of benzene rings is 1. The lowest BCUT2D eigenvalue weighted by Crippen LogP contribution is -2.40.